The molecular weight excluding hydrogens is 238 g/mol. The average molecular weight is 251 g/mol. The summed E-state index contributed by atoms with van der Waals surface area (Å²) in [6.45, 7) is 0.271. The predicted octanol–water partition coefficient (Wildman–Crippen LogP) is 1.46. The van der Waals surface area contributed by atoms with Crippen molar-refractivity contribution in [2.24, 2.45) is 0 Å². The molecule has 5 nitrogen and oxygen atoms in total. The lowest BCUT2D eigenvalue weighted by atomic mass is 10.3. The number of para-hydroxylation sites is 1. The van der Waals surface area contributed by atoms with Crippen LogP contribution in [0.1, 0.15) is 0 Å². The van der Waals surface area contributed by atoms with E-state index in [9.17, 15) is 4.79 Å². The highest BCUT2D eigenvalue weighted by Gasteiger charge is 2.10. The Labute approximate surface area is 103 Å². The molecule has 2 aromatic rings. The van der Waals surface area contributed by atoms with Gasteiger partial charge in [-0.05, 0) is 19.2 Å². The number of hydrogen-bond donors (Lipinski definition) is 2. The Hall–Kier alpha value is -1.66. The molecule has 0 aliphatic heterocycles. The Kier molecular flexibility index (Phi) is 3.55. The van der Waals surface area contributed by atoms with Crippen molar-refractivity contribution in [1.29, 1.82) is 0 Å². The number of amides is 1. The van der Waals surface area contributed by atoms with Crippen LogP contribution in [0.4, 0.5) is 5.13 Å². The van der Waals surface area contributed by atoms with E-state index in [0.29, 0.717) is 10.9 Å². The van der Waals surface area contributed by atoms with Crippen LogP contribution in [0.15, 0.2) is 18.2 Å². The van der Waals surface area contributed by atoms with E-state index in [-0.39, 0.29) is 12.5 Å². The second-order valence-corrected chi connectivity index (χ2v) is 4.44. The second-order valence-electron chi connectivity index (χ2n) is 3.40. The van der Waals surface area contributed by atoms with Gasteiger partial charge in [-0.1, -0.05) is 17.4 Å². The van der Waals surface area contributed by atoms with Gasteiger partial charge in [0.15, 0.2) is 5.13 Å². The van der Waals surface area contributed by atoms with Crippen LogP contribution < -0.4 is 15.4 Å². The zero-order valence-corrected chi connectivity index (χ0v) is 10.4. The molecule has 0 bridgehead atoms. The molecule has 0 aliphatic rings. The van der Waals surface area contributed by atoms with Crippen LogP contribution >= 0.6 is 11.3 Å². The summed E-state index contributed by atoms with van der Waals surface area (Å²) in [6.07, 6.45) is 0. The number of fused-ring (bicyclic) bond motifs is 1. The molecule has 0 spiro atoms. The topological polar surface area (TPSA) is 63.2 Å². The molecular formula is C11H13N3O2S. The molecule has 2 rings (SSSR count). The third-order valence-electron chi connectivity index (χ3n) is 2.19. The molecule has 0 saturated carbocycles. The summed E-state index contributed by atoms with van der Waals surface area (Å²) in [4.78, 5) is 15.7. The van der Waals surface area contributed by atoms with Gasteiger partial charge in [-0.15, -0.1) is 0 Å². The predicted molar refractivity (Wildman–Crippen MR) is 68.7 cm³/mol. The molecule has 0 saturated heterocycles. The maximum absolute atomic E-state index is 11.4. The SMILES string of the molecule is CNCC(=O)Nc1nc2c(OC)cccc2s1. The molecule has 1 aromatic carbocycles. The molecule has 1 heterocycles. The number of ether oxygens (including phenoxy) is 1. The highest BCUT2D eigenvalue weighted by atomic mass is 32.1. The number of nitrogens with one attached hydrogen (secondary N) is 2. The van der Waals surface area contributed by atoms with Gasteiger partial charge in [0.2, 0.25) is 5.91 Å². The zero-order chi connectivity index (χ0) is 12.3. The van der Waals surface area contributed by atoms with E-state index in [0.717, 1.165) is 10.2 Å². The van der Waals surface area contributed by atoms with Crippen molar-refractivity contribution < 1.29 is 9.53 Å². The van der Waals surface area contributed by atoms with E-state index in [1.165, 1.54) is 11.3 Å². The van der Waals surface area contributed by atoms with Gasteiger partial charge in [0, 0.05) is 0 Å². The number of benzene rings is 1. The first-order valence-corrected chi connectivity index (χ1v) is 5.94. The maximum atomic E-state index is 11.4. The number of carbonyl (C=O) groups excluding carboxylic acids is 1. The Bertz CT molecular complexity index is 538. The standard InChI is InChI=1S/C11H13N3O2S/c1-12-6-9(15)13-11-14-10-7(16-2)4-3-5-8(10)17-11/h3-5,12H,6H2,1-2H3,(H,13,14,15). The Morgan fingerprint density at radius 2 is 2.35 bits per heavy atom. The minimum Gasteiger partial charge on any atom is -0.494 e. The van der Waals surface area contributed by atoms with Crippen LogP contribution in [0.25, 0.3) is 10.2 Å². The molecule has 0 aliphatic carbocycles. The highest BCUT2D eigenvalue weighted by Crippen LogP contribution is 2.31. The average Bonchev–Trinajstić information content (AvgIpc) is 2.70. The summed E-state index contributed by atoms with van der Waals surface area (Å²) in [7, 11) is 3.33. The smallest absolute Gasteiger partial charge is 0.240 e. The van der Waals surface area contributed by atoms with Crippen molar-refractivity contribution in [2.45, 2.75) is 0 Å². The van der Waals surface area contributed by atoms with Crippen molar-refractivity contribution in [1.82, 2.24) is 10.3 Å². The first-order valence-electron chi connectivity index (χ1n) is 5.12. The van der Waals surface area contributed by atoms with E-state index in [1.54, 1.807) is 14.2 Å². The van der Waals surface area contributed by atoms with Crippen molar-refractivity contribution in [3.8, 4) is 5.75 Å². The fourth-order valence-corrected chi connectivity index (χ4v) is 2.37. The summed E-state index contributed by atoms with van der Waals surface area (Å²) >= 11 is 1.43. The van der Waals surface area contributed by atoms with Crippen LogP contribution in [0.5, 0.6) is 5.75 Å². The lowest BCUT2D eigenvalue weighted by Gasteiger charge is -1.99. The van der Waals surface area contributed by atoms with Crippen LogP contribution in [0, 0.1) is 0 Å². The van der Waals surface area contributed by atoms with E-state index in [4.69, 9.17) is 4.74 Å². The van der Waals surface area contributed by atoms with E-state index >= 15 is 0 Å². The molecule has 2 N–H and O–H groups in total. The second kappa shape index (κ2) is 5.11. The third kappa shape index (κ3) is 2.54. The minimum atomic E-state index is -0.106. The number of anilines is 1. The fourth-order valence-electron chi connectivity index (χ4n) is 1.47. The van der Waals surface area contributed by atoms with Crippen LogP contribution in [0.3, 0.4) is 0 Å². The lowest BCUT2D eigenvalue weighted by molar-refractivity contribution is -0.115. The molecule has 17 heavy (non-hydrogen) atoms. The fraction of sp³-hybridized carbons (Fsp3) is 0.273. The van der Waals surface area contributed by atoms with Crippen LogP contribution in [0.2, 0.25) is 0 Å². The molecule has 0 unspecified atom stereocenters. The number of hydrogen-bond acceptors (Lipinski definition) is 5. The normalized spacial score (nSPS) is 10.5. The number of rotatable bonds is 4. The van der Waals surface area contributed by atoms with Gasteiger partial charge in [0.1, 0.15) is 11.3 Å². The van der Waals surface area contributed by atoms with Crippen molar-refractivity contribution in [2.75, 3.05) is 26.0 Å². The van der Waals surface area contributed by atoms with Gasteiger partial charge in [-0.25, -0.2) is 4.98 Å². The molecule has 0 radical (unpaired) electrons. The summed E-state index contributed by atoms with van der Waals surface area (Å²) in [6, 6.07) is 5.70. The van der Waals surface area contributed by atoms with Gasteiger partial charge in [-0.2, -0.15) is 0 Å². The van der Waals surface area contributed by atoms with Crippen LogP contribution in [-0.2, 0) is 4.79 Å². The summed E-state index contributed by atoms with van der Waals surface area (Å²) < 4.78 is 6.20. The minimum absolute atomic E-state index is 0.106. The van der Waals surface area contributed by atoms with Gasteiger partial charge in [-0.3, -0.25) is 4.79 Å². The monoisotopic (exact) mass is 251 g/mol. The van der Waals surface area contributed by atoms with Crippen LogP contribution in [-0.4, -0.2) is 31.6 Å². The molecule has 1 aromatic heterocycles. The Morgan fingerprint density at radius 3 is 3.06 bits per heavy atom. The molecule has 0 fully saturated rings. The number of thiazole rings is 1. The summed E-state index contributed by atoms with van der Waals surface area (Å²) in [5.74, 6) is 0.610. The van der Waals surface area contributed by atoms with E-state index < -0.39 is 0 Å². The quantitative estimate of drug-likeness (QED) is 0.863. The molecule has 0 atom stereocenters. The Balaban J connectivity index is 2.28. The largest absolute Gasteiger partial charge is 0.494 e. The molecule has 1 amide bonds. The van der Waals surface area contributed by atoms with Gasteiger partial charge < -0.3 is 15.4 Å². The van der Waals surface area contributed by atoms with Gasteiger partial charge >= 0.3 is 0 Å². The number of methoxy groups -OCH3 is 1. The van der Waals surface area contributed by atoms with Crippen molar-refractivity contribution in [3.05, 3.63) is 18.2 Å². The zero-order valence-electron chi connectivity index (χ0n) is 9.61. The molecule has 90 valence electrons. The number of nitrogens with zero attached hydrogens (tertiary/aromatic N) is 1. The number of likely N-dealkylation sites (N-methyl/N-ethyl adjacent to an activating group) is 1. The third-order valence-corrected chi connectivity index (χ3v) is 3.12. The number of carbonyl (C=O) groups is 1. The van der Waals surface area contributed by atoms with E-state index in [1.807, 2.05) is 18.2 Å². The molecule has 6 heteroatoms. The first-order chi connectivity index (χ1) is 8.24. The number of aromatic nitrogens is 1. The summed E-state index contributed by atoms with van der Waals surface area (Å²) in [5.41, 5.74) is 0.778. The Morgan fingerprint density at radius 1 is 1.53 bits per heavy atom. The van der Waals surface area contributed by atoms with Crippen molar-refractivity contribution >= 4 is 32.6 Å². The van der Waals surface area contributed by atoms with Crippen molar-refractivity contribution in [3.63, 3.8) is 0 Å². The lowest BCUT2D eigenvalue weighted by Crippen LogP contribution is -2.24. The van der Waals surface area contributed by atoms with Gasteiger partial charge in [0.05, 0.1) is 18.4 Å². The first kappa shape index (κ1) is 11.8. The maximum Gasteiger partial charge on any atom is 0.240 e. The van der Waals surface area contributed by atoms with E-state index in [2.05, 4.69) is 15.6 Å². The van der Waals surface area contributed by atoms with Gasteiger partial charge in [0.25, 0.3) is 0 Å². The highest BCUT2D eigenvalue weighted by molar-refractivity contribution is 7.22. The summed E-state index contributed by atoms with van der Waals surface area (Å²) in [5, 5.41) is 6.11.